The molecule has 5 rings (SSSR count). The highest BCUT2D eigenvalue weighted by Crippen LogP contribution is 2.31. The maximum atomic E-state index is 13.6. The van der Waals surface area contributed by atoms with E-state index in [2.05, 4.69) is 4.72 Å². The third-order valence-electron chi connectivity index (χ3n) is 9.42. The van der Waals surface area contributed by atoms with Gasteiger partial charge in [-0.05, 0) is 107 Å². The Morgan fingerprint density at radius 3 is 2.40 bits per heavy atom. The Balaban J connectivity index is 1.32. The maximum Gasteiger partial charge on any atom is 0.410 e. The maximum absolute atomic E-state index is 13.6. The normalized spacial score (nSPS) is 15.3. The molecule has 12 nitrogen and oxygen atoms in total. The molecule has 2 heterocycles. The van der Waals surface area contributed by atoms with E-state index < -0.39 is 39.7 Å². The fourth-order valence-corrected chi connectivity index (χ4v) is 7.79. The molecule has 4 aromatic rings. The zero-order valence-corrected chi connectivity index (χ0v) is 35.2. The number of aromatic nitrogens is 1. The van der Waals surface area contributed by atoms with Crippen LogP contribution in [0.2, 0.25) is 5.02 Å². The highest BCUT2D eigenvalue weighted by Gasteiger charge is 2.29. The molecule has 308 valence electrons. The molecular weight excluding hydrogens is 770 g/mol. The predicted molar refractivity (Wildman–Crippen MR) is 221 cm³/mol. The summed E-state index contributed by atoms with van der Waals surface area (Å²) in [4.78, 5) is 39.6. The van der Waals surface area contributed by atoms with Gasteiger partial charge in [-0.1, -0.05) is 60.1 Å². The van der Waals surface area contributed by atoms with Gasteiger partial charge in [-0.3, -0.25) is 9.59 Å². The van der Waals surface area contributed by atoms with Gasteiger partial charge in [0.05, 0.1) is 24.5 Å². The van der Waals surface area contributed by atoms with E-state index in [-0.39, 0.29) is 43.2 Å². The van der Waals surface area contributed by atoms with Crippen LogP contribution in [-0.2, 0) is 40.2 Å². The molecule has 2 atom stereocenters. The molecule has 1 aliphatic rings. The summed E-state index contributed by atoms with van der Waals surface area (Å²) in [6.45, 7) is 11.9. The van der Waals surface area contributed by atoms with Crippen LogP contribution in [0.15, 0.2) is 72.9 Å². The van der Waals surface area contributed by atoms with Crippen LogP contribution in [0.1, 0.15) is 101 Å². The van der Waals surface area contributed by atoms with Gasteiger partial charge < -0.3 is 28.4 Å². The topological polar surface area (TPSA) is 142 Å². The van der Waals surface area contributed by atoms with Gasteiger partial charge in [-0.15, -0.1) is 0 Å². The third-order valence-corrected chi connectivity index (χ3v) is 11.0. The summed E-state index contributed by atoms with van der Waals surface area (Å²) < 4.78 is 52.4. The van der Waals surface area contributed by atoms with Gasteiger partial charge in [0.15, 0.2) is 6.29 Å². The molecule has 1 fully saturated rings. The number of hydrogen-bond acceptors (Lipinski definition) is 9. The molecular formula is C43H54ClN3O9S. The first-order valence-electron chi connectivity index (χ1n) is 19.4. The Morgan fingerprint density at radius 2 is 1.75 bits per heavy atom. The number of carbonyl (C=O) groups is 3. The molecule has 14 heteroatoms. The van der Waals surface area contributed by atoms with Gasteiger partial charge in [0.2, 0.25) is 10.0 Å². The van der Waals surface area contributed by atoms with E-state index in [1.807, 2.05) is 99.8 Å². The molecule has 1 aromatic heterocycles. The quantitative estimate of drug-likeness (QED) is 0.0868. The lowest BCUT2D eigenvalue weighted by Gasteiger charge is -2.33. The van der Waals surface area contributed by atoms with Crippen molar-refractivity contribution in [3.05, 3.63) is 94.6 Å². The number of hydrogen-bond donors (Lipinski definition) is 1. The van der Waals surface area contributed by atoms with Gasteiger partial charge in [-0.25, -0.2) is 17.9 Å². The van der Waals surface area contributed by atoms with E-state index in [9.17, 15) is 22.8 Å². The molecule has 0 spiro atoms. The molecule has 0 bridgehead atoms. The van der Waals surface area contributed by atoms with Crippen molar-refractivity contribution < 1.29 is 41.7 Å². The molecule has 1 saturated heterocycles. The van der Waals surface area contributed by atoms with Gasteiger partial charge in [0.1, 0.15) is 11.7 Å². The van der Waals surface area contributed by atoms with E-state index in [1.165, 1.54) is 6.92 Å². The smallest absolute Gasteiger partial charge is 0.410 e. The number of ether oxygens (including phenoxy) is 4. The summed E-state index contributed by atoms with van der Waals surface area (Å²) >= 11 is 6.39. The van der Waals surface area contributed by atoms with E-state index in [0.29, 0.717) is 30.0 Å². The Labute approximate surface area is 340 Å². The molecule has 2 amide bonds. The number of esters is 1. The molecule has 1 N–H and O–H groups in total. The Kier molecular flexibility index (Phi) is 14.8. The number of halogens is 1. The van der Waals surface area contributed by atoms with Crippen LogP contribution in [0.4, 0.5) is 4.79 Å². The number of fused-ring (bicyclic) bond motifs is 1. The standard InChI is InChI=1S/C43H54ClN3O9S/c1-29(2)47-27-37(41(49)45-57(51,52)24-10-23-53-30(3)48)36-19-18-33(26-38(36)47)32-16-14-31(15-17-32)20-21-46(42(50)56-43(4,5)6)28-39(34-11-9-12-35(44)25-34)55-40-13-7-8-22-54-40/h9,11-12,14-19,25-27,29,39-40H,7-8,10,13,20-24,28H2,1-6H3,(H,45,49)/t39-,40?/m0/s1. The van der Waals surface area contributed by atoms with Gasteiger partial charge in [-0.2, -0.15) is 0 Å². The number of nitrogens with one attached hydrogen (secondary N) is 1. The molecule has 57 heavy (non-hydrogen) atoms. The lowest BCUT2D eigenvalue weighted by atomic mass is 10.0. The first-order valence-corrected chi connectivity index (χ1v) is 21.4. The number of amides is 2. The lowest BCUT2D eigenvalue weighted by molar-refractivity contribution is -0.192. The van der Waals surface area contributed by atoms with E-state index in [1.54, 1.807) is 17.2 Å². The summed E-state index contributed by atoms with van der Waals surface area (Å²) in [6, 6.07) is 21.3. The lowest BCUT2D eigenvalue weighted by Crippen LogP contribution is -2.41. The number of rotatable bonds is 16. The van der Waals surface area contributed by atoms with E-state index >= 15 is 0 Å². The highest BCUT2D eigenvalue weighted by molar-refractivity contribution is 7.90. The summed E-state index contributed by atoms with van der Waals surface area (Å²) in [6.07, 6.45) is 3.75. The van der Waals surface area contributed by atoms with Crippen molar-refractivity contribution in [2.24, 2.45) is 0 Å². The van der Waals surface area contributed by atoms with Crippen LogP contribution in [0.25, 0.3) is 22.0 Å². The van der Waals surface area contributed by atoms with Crippen molar-refractivity contribution in [2.75, 3.05) is 32.1 Å². The molecule has 0 radical (unpaired) electrons. The second-order valence-electron chi connectivity index (χ2n) is 15.6. The van der Waals surface area contributed by atoms with Crippen molar-refractivity contribution in [2.45, 2.75) is 97.7 Å². The Bertz CT molecular complexity index is 2120. The second kappa shape index (κ2) is 19.3. The number of carbonyl (C=O) groups excluding carboxylic acids is 3. The largest absolute Gasteiger partial charge is 0.466 e. The molecule has 0 aliphatic carbocycles. The first-order chi connectivity index (χ1) is 27.0. The van der Waals surface area contributed by atoms with Crippen molar-refractivity contribution >= 4 is 50.5 Å². The number of sulfonamides is 1. The zero-order valence-electron chi connectivity index (χ0n) is 33.6. The zero-order chi connectivity index (χ0) is 41.3. The Hall–Kier alpha value is -4.43. The summed E-state index contributed by atoms with van der Waals surface area (Å²) in [5.74, 6) is -1.58. The van der Waals surface area contributed by atoms with E-state index in [0.717, 1.165) is 47.0 Å². The summed E-state index contributed by atoms with van der Waals surface area (Å²) in [5, 5.41) is 1.20. The molecule has 3 aromatic carbocycles. The monoisotopic (exact) mass is 823 g/mol. The van der Waals surface area contributed by atoms with Gasteiger partial charge in [0, 0.05) is 48.2 Å². The Morgan fingerprint density at radius 1 is 1.02 bits per heavy atom. The minimum atomic E-state index is -3.96. The molecule has 1 unspecified atom stereocenters. The minimum absolute atomic E-state index is 0.0148. The van der Waals surface area contributed by atoms with Crippen LogP contribution in [0, 0.1) is 0 Å². The van der Waals surface area contributed by atoms with Crippen LogP contribution in [0.5, 0.6) is 0 Å². The van der Waals surface area contributed by atoms with E-state index in [4.69, 9.17) is 30.5 Å². The van der Waals surface area contributed by atoms with Crippen LogP contribution in [-0.4, -0.2) is 79.8 Å². The van der Waals surface area contributed by atoms with Gasteiger partial charge >= 0.3 is 12.1 Å². The SMILES string of the molecule is CC(=O)OCCCS(=O)(=O)NC(=O)c1cn(C(C)C)c2cc(-c3ccc(CCN(C[C@H](OC4CCCCO4)c4cccc(Cl)c4)C(=O)OC(C)(C)C)cc3)ccc12. The average Bonchev–Trinajstić information content (AvgIpc) is 3.54. The van der Waals surface area contributed by atoms with Crippen LogP contribution >= 0.6 is 11.6 Å². The minimum Gasteiger partial charge on any atom is -0.466 e. The van der Waals surface area contributed by atoms with Gasteiger partial charge in [0.25, 0.3) is 5.91 Å². The van der Waals surface area contributed by atoms with Crippen molar-refractivity contribution in [3.63, 3.8) is 0 Å². The van der Waals surface area contributed by atoms with Crippen molar-refractivity contribution in [1.29, 1.82) is 0 Å². The average molecular weight is 824 g/mol. The first kappa shape index (κ1) is 43.7. The predicted octanol–water partition coefficient (Wildman–Crippen LogP) is 8.62. The fourth-order valence-electron chi connectivity index (χ4n) is 6.60. The molecule has 0 saturated carbocycles. The highest BCUT2D eigenvalue weighted by atomic mass is 35.5. The van der Waals surface area contributed by atoms with Crippen molar-refractivity contribution in [1.82, 2.24) is 14.2 Å². The summed E-state index contributed by atoms with van der Waals surface area (Å²) in [5.41, 5.74) is 4.07. The fraction of sp³-hybridized carbons (Fsp3) is 0.465. The summed E-state index contributed by atoms with van der Waals surface area (Å²) in [7, 11) is -3.96. The molecule has 1 aliphatic heterocycles. The van der Waals surface area contributed by atoms with Crippen molar-refractivity contribution in [3.8, 4) is 11.1 Å². The van der Waals surface area contributed by atoms with Crippen LogP contribution in [0.3, 0.4) is 0 Å². The second-order valence-corrected chi connectivity index (χ2v) is 17.8. The number of nitrogens with zero attached hydrogens (tertiary/aromatic N) is 2. The van der Waals surface area contributed by atoms with Crippen LogP contribution < -0.4 is 4.72 Å². The third kappa shape index (κ3) is 12.8. The number of benzene rings is 3.